The van der Waals surface area contributed by atoms with Crippen LogP contribution in [0.2, 0.25) is 5.02 Å². The minimum Gasteiger partial charge on any atom is -0.386 e. The second-order valence-corrected chi connectivity index (χ2v) is 5.41. The predicted octanol–water partition coefficient (Wildman–Crippen LogP) is 3.48. The fourth-order valence-electron chi connectivity index (χ4n) is 1.32. The summed E-state index contributed by atoms with van der Waals surface area (Å²) in [7, 11) is -4.62. The number of H-pyrrole nitrogens is 1. The maximum atomic E-state index is 10.7. The van der Waals surface area contributed by atoms with Crippen molar-refractivity contribution >= 4 is 58.7 Å². The maximum Gasteiger partial charge on any atom is 0.526 e. The number of aromatic nitrogens is 1. The Morgan fingerprint density at radius 1 is 1.41 bits per heavy atom. The standard InChI is InChI=1S/C8H6BrClNO4P.ClH/c9-4-2-1-3-5-6(4)7(10)8(11-5)15-16(12,13)14;/h1-3,11H,(H2,12,13,14);1H. The Kier molecular flexibility index (Phi) is 4.52. The molecule has 0 unspecified atom stereocenters. The number of rotatable bonds is 2. The SMILES string of the molecule is Cl.O=P(O)(O)Oc1[nH]c2cccc(Br)c2c1Cl. The molecule has 0 fully saturated rings. The third-order valence-electron chi connectivity index (χ3n) is 1.89. The van der Waals surface area contributed by atoms with Gasteiger partial charge < -0.3 is 9.51 Å². The Hall–Kier alpha value is -0.230. The van der Waals surface area contributed by atoms with Crippen LogP contribution in [0.1, 0.15) is 0 Å². The van der Waals surface area contributed by atoms with E-state index in [2.05, 4.69) is 25.4 Å². The first-order chi connectivity index (χ1) is 7.38. The molecule has 0 aliphatic rings. The molecule has 3 N–H and O–H groups in total. The van der Waals surface area contributed by atoms with Gasteiger partial charge in [-0.1, -0.05) is 33.6 Å². The lowest BCUT2D eigenvalue weighted by Crippen LogP contribution is -1.90. The van der Waals surface area contributed by atoms with Crippen molar-refractivity contribution in [1.29, 1.82) is 0 Å². The van der Waals surface area contributed by atoms with E-state index in [-0.39, 0.29) is 23.3 Å². The molecule has 2 aromatic rings. The lowest BCUT2D eigenvalue weighted by atomic mass is 10.2. The summed E-state index contributed by atoms with van der Waals surface area (Å²) in [5.41, 5.74) is 0.628. The molecule has 0 aliphatic heterocycles. The molecule has 1 heterocycles. The molecule has 1 aromatic heterocycles. The van der Waals surface area contributed by atoms with Crippen molar-refractivity contribution < 1.29 is 18.9 Å². The quantitative estimate of drug-likeness (QED) is 0.714. The van der Waals surface area contributed by atoms with Crippen LogP contribution in [0.4, 0.5) is 0 Å². The van der Waals surface area contributed by atoms with Crippen LogP contribution >= 0.6 is 47.8 Å². The van der Waals surface area contributed by atoms with Crippen molar-refractivity contribution in [3.8, 4) is 5.88 Å². The van der Waals surface area contributed by atoms with Gasteiger partial charge in [-0.2, -0.15) is 0 Å². The van der Waals surface area contributed by atoms with Crippen molar-refractivity contribution in [3.63, 3.8) is 0 Å². The fraction of sp³-hybridized carbons (Fsp3) is 0. The largest absolute Gasteiger partial charge is 0.526 e. The first-order valence-electron chi connectivity index (χ1n) is 4.09. The molecular formula is C8H7BrCl2NO4P. The molecule has 0 radical (unpaired) electrons. The maximum absolute atomic E-state index is 10.7. The molecule has 0 bridgehead atoms. The lowest BCUT2D eigenvalue weighted by molar-refractivity contribution is 0.280. The minimum absolute atomic E-state index is 0. The molecule has 0 atom stereocenters. The fourth-order valence-corrected chi connectivity index (χ4v) is 2.72. The van der Waals surface area contributed by atoms with Crippen LogP contribution in [0.5, 0.6) is 5.88 Å². The summed E-state index contributed by atoms with van der Waals surface area (Å²) in [4.78, 5) is 20.1. The van der Waals surface area contributed by atoms with Crippen LogP contribution in [-0.2, 0) is 4.57 Å². The summed E-state index contributed by atoms with van der Waals surface area (Å²) < 4.78 is 15.8. The molecule has 17 heavy (non-hydrogen) atoms. The smallest absolute Gasteiger partial charge is 0.386 e. The average Bonchev–Trinajstić information content (AvgIpc) is 2.42. The van der Waals surface area contributed by atoms with Gasteiger partial charge >= 0.3 is 7.82 Å². The van der Waals surface area contributed by atoms with Crippen LogP contribution in [0.3, 0.4) is 0 Å². The van der Waals surface area contributed by atoms with Gasteiger partial charge in [-0.15, -0.1) is 12.4 Å². The van der Waals surface area contributed by atoms with Crippen molar-refractivity contribution in [2.45, 2.75) is 0 Å². The highest BCUT2D eigenvalue weighted by Gasteiger charge is 2.21. The molecule has 0 amide bonds. The van der Waals surface area contributed by atoms with Crippen LogP contribution in [0.15, 0.2) is 22.7 Å². The van der Waals surface area contributed by atoms with Gasteiger partial charge in [0.2, 0.25) is 5.88 Å². The van der Waals surface area contributed by atoms with Crippen molar-refractivity contribution in [2.75, 3.05) is 0 Å². The predicted molar refractivity (Wildman–Crippen MR) is 70.9 cm³/mol. The van der Waals surface area contributed by atoms with Gasteiger partial charge in [-0.25, -0.2) is 4.57 Å². The van der Waals surface area contributed by atoms with Crippen molar-refractivity contribution in [2.24, 2.45) is 0 Å². The third kappa shape index (κ3) is 3.16. The molecule has 0 saturated heterocycles. The van der Waals surface area contributed by atoms with E-state index in [0.717, 1.165) is 0 Å². The molecule has 1 aromatic carbocycles. The van der Waals surface area contributed by atoms with Crippen LogP contribution in [0, 0.1) is 0 Å². The third-order valence-corrected chi connectivity index (χ3v) is 3.33. The van der Waals surface area contributed by atoms with E-state index >= 15 is 0 Å². The zero-order valence-corrected chi connectivity index (χ0v) is 12.1. The van der Waals surface area contributed by atoms with Crippen molar-refractivity contribution in [3.05, 3.63) is 27.7 Å². The molecule has 9 heteroatoms. The number of nitrogens with one attached hydrogen (secondary N) is 1. The lowest BCUT2D eigenvalue weighted by Gasteiger charge is -2.03. The number of hydrogen-bond acceptors (Lipinski definition) is 2. The van der Waals surface area contributed by atoms with E-state index in [1.54, 1.807) is 18.2 Å². The second-order valence-electron chi connectivity index (χ2n) is 3.01. The average molecular weight is 363 g/mol. The molecule has 0 spiro atoms. The summed E-state index contributed by atoms with van der Waals surface area (Å²) >= 11 is 9.23. The number of fused-ring (bicyclic) bond motifs is 1. The zero-order valence-electron chi connectivity index (χ0n) is 8.05. The zero-order chi connectivity index (χ0) is 11.9. The summed E-state index contributed by atoms with van der Waals surface area (Å²) in [5, 5.41) is 0.749. The number of halogens is 3. The first kappa shape index (κ1) is 14.8. The van der Waals surface area contributed by atoms with Gasteiger partial charge in [0.15, 0.2) is 0 Å². The van der Waals surface area contributed by atoms with E-state index in [4.69, 9.17) is 21.4 Å². The summed E-state index contributed by atoms with van der Waals surface area (Å²) in [5.74, 6) is -0.142. The summed E-state index contributed by atoms with van der Waals surface area (Å²) in [6.07, 6.45) is 0. The number of phosphoric ester groups is 1. The Labute approximate surface area is 116 Å². The Morgan fingerprint density at radius 2 is 2.06 bits per heavy atom. The van der Waals surface area contributed by atoms with Gasteiger partial charge in [-0.05, 0) is 12.1 Å². The molecule has 0 aliphatic carbocycles. The molecule has 0 saturated carbocycles. The van der Waals surface area contributed by atoms with Gasteiger partial charge in [0.1, 0.15) is 5.02 Å². The van der Waals surface area contributed by atoms with Crippen LogP contribution in [-0.4, -0.2) is 14.8 Å². The molecule has 2 rings (SSSR count). The first-order valence-corrected chi connectivity index (χ1v) is 6.79. The monoisotopic (exact) mass is 361 g/mol. The number of hydrogen-bond donors (Lipinski definition) is 3. The van der Waals surface area contributed by atoms with Crippen molar-refractivity contribution in [1.82, 2.24) is 4.98 Å². The highest BCUT2D eigenvalue weighted by molar-refractivity contribution is 9.10. The molecular weight excluding hydrogens is 356 g/mol. The summed E-state index contributed by atoms with van der Waals surface area (Å²) in [6, 6.07) is 5.25. The summed E-state index contributed by atoms with van der Waals surface area (Å²) in [6.45, 7) is 0. The van der Waals surface area contributed by atoms with Gasteiger partial charge in [0.25, 0.3) is 0 Å². The Balaban J connectivity index is 0.00000144. The Morgan fingerprint density at radius 3 is 2.59 bits per heavy atom. The van der Waals surface area contributed by atoms with E-state index < -0.39 is 7.82 Å². The van der Waals surface area contributed by atoms with Gasteiger partial charge in [0, 0.05) is 9.86 Å². The molecule has 5 nitrogen and oxygen atoms in total. The number of benzene rings is 1. The highest BCUT2D eigenvalue weighted by atomic mass is 79.9. The van der Waals surface area contributed by atoms with Gasteiger partial charge in [-0.3, -0.25) is 9.79 Å². The van der Waals surface area contributed by atoms with Crippen LogP contribution < -0.4 is 4.52 Å². The highest BCUT2D eigenvalue weighted by Crippen LogP contribution is 2.44. The normalized spacial score (nSPS) is 11.3. The van der Waals surface area contributed by atoms with E-state index in [0.29, 0.717) is 15.4 Å². The molecule has 94 valence electrons. The van der Waals surface area contributed by atoms with E-state index in [9.17, 15) is 4.57 Å². The van der Waals surface area contributed by atoms with E-state index in [1.807, 2.05) is 0 Å². The van der Waals surface area contributed by atoms with E-state index in [1.165, 1.54) is 0 Å². The Bertz CT molecular complexity index is 596. The van der Waals surface area contributed by atoms with Crippen LogP contribution in [0.25, 0.3) is 10.9 Å². The number of aromatic amines is 1. The topological polar surface area (TPSA) is 82.6 Å². The minimum atomic E-state index is -4.62. The second kappa shape index (κ2) is 5.18. The number of phosphoric acid groups is 1. The van der Waals surface area contributed by atoms with Gasteiger partial charge in [0.05, 0.1) is 5.52 Å².